The Hall–Kier alpha value is -1.36. The summed E-state index contributed by atoms with van der Waals surface area (Å²) in [7, 11) is 0. The van der Waals surface area contributed by atoms with Gasteiger partial charge in [0.1, 0.15) is 0 Å². The van der Waals surface area contributed by atoms with E-state index >= 15 is 0 Å². The Morgan fingerprint density at radius 3 is 2.89 bits per heavy atom. The highest BCUT2D eigenvalue weighted by Crippen LogP contribution is 2.31. The van der Waals surface area contributed by atoms with Gasteiger partial charge in [0.15, 0.2) is 11.6 Å². The predicted octanol–water partition coefficient (Wildman–Crippen LogP) is 2.59. The summed E-state index contributed by atoms with van der Waals surface area (Å²) in [4.78, 5) is 2.49. The molecular weight excluding hydrogens is 248 g/mol. The maximum absolute atomic E-state index is 13.8. The normalized spacial score (nSPS) is 27.3. The first-order valence-corrected chi connectivity index (χ1v) is 6.89. The quantitative estimate of drug-likeness (QED) is 0.809. The number of hydrogen-bond acceptors (Lipinski definition) is 3. The van der Waals surface area contributed by atoms with Crippen LogP contribution >= 0.6 is 0 Å². The molecule has 5 heteroatoms. The van der Waals surface area contributed by atoms with Gasteiger partial charge < -0.3 is 16.0 Å². The molecule has 104 valence electrons. The van der Waals surface area contributed by atoms with Crippen LogP contribution in [-0.2, 0) is 0 Å². The summed E-state index contributed by atoms with van der Waals surface area (Å²) in [6.45, 7) is 2.20. The minimum absolute atomic E-state index is 0.122. The second kappa shape index (κ2) is 4.96. The molecule has 2 unspecified atom stereocenters. The molecule has 1 aromatic carbocycles. The number of nitrogens with one attached hydrogen (secondary N) is 1. The average molecular weight is 267 g/mol. The number of rotatable bonds is 2. The van der Waals surface area contributed by atoms with Gasteiger partial charge in [-0.1, -0.05) is 0 Å². The lowest BCUT2D eigenvalue weighted by molar-refractivity contribution is 0.188. The van der Waals surface area contributed by atoms with Gasteiger partial charge in [-0.25, -0.2) is 8.78 Å². The van der Waals surface area contributed by atoms with Crippen LogP contribution in [0.4, 0.5) is 20.2 Å². The Kier molecular flexibility index (Phi) is 3.31. The maximum Gasteiger partial charge on any atom is 0.183 e. The Morgan fingerprint density at radius 1 is 1.21 bits per heavy atom. The molecule has 19 heavy (non-hydrogen) atoms. The molecular formula is C14H19F2N3. The molecule has 2 aliphatic rings. The molecule has 3 N–H and O–H groups in total. The van der Waals surface area contributed by atoms with Gasteiger partial charge in [-0.15, -0.1) is 0 Å². The molecule has 1 aromatic rings. The lowest BCUT2D eigenvalue weighted by Gasteiger charge is -2.35. The summed E-state index contributed by atoms with van der Waals surface area (Å²) >= 11 is 0. The molecule has 2 atom stereocenters. The van der Waals surface area contributed by atoms with E-state index < -0.39 is 11.6 Å². The predicted molar refractivity (Wildman–Crippen MR) is 72.0 cm³/mol. The van der Waals surface area contributed by atoms with Crippen LogP contribution in [-0.4, -0.2) is 30.1 Å². The van der Waals surface area contributed by atoms with Gasteiger partial charge in [-0.2, -0.15) is 0 Å². The Balaban J connectivity index is 1.73. The van der Waals surface area contributed by atoms with Crippen LogP contribution in [0.2, 0.25) is 0 Å². The molecule has 0 saturated carbocycles. The lowest BCUT2D eigenvalue weighted by atomic mass is 9.97. The third-order valence-electron chi connectivity index (χ3n) is 4.30. The van der Waals surface area contributed by atoms with Crippen molar-refractivity contribution in [3.8, 4) is 0 Å². The van der Waals surface area contributed by atoms with Crippen LogP contribution in [0.25, 0.3) is 0 Å². The number of nitrogens with two attached hydrogens (primary N) is 1. The van der Waals surface area contributed by atoms with E-state index in [2.05, 4.69) is 10.2 Å². The van der Waals surface area contributed by atoms with Crippen molar-refractivity contribution >= 4 is 11.4 Å². The summed E-state index contributed by atoms with van der Waals surface area (Å²) in [5.74, 6) is -1.72. The van der Waals surface area contributed by atoms with E-state index in [0.29, 0.717) is 6.04 Å². The SMILES string of the molecule is Nc1ccc(F)c(F)c1NC1CCN2CCCC2C1. The molecule has 2 aliphatic heterocycles. The highest BCUT2D eigenvalue weighted by atomic mass is 19.2. The minimum Gasteiger partial charge on any atom is -0.397 e. The van der Waals surface area contributed by atoms with Crippen molar-refractivity contribution in [2.75, 3.05) is 24.1 Å². The van der Waals surface area contributed by atoms with E-state index in [1.807, 2.05) is 0 Å². The zero-order valence-corrected chi connectivity index (χ0v) is 10.8. The van der Waals surface area contributed by atoms with Crippen molar-refractivity contribution in [2.45, 2.75) is 37.8 Å². The molecule has 0 amide bonds. The van der Waals surface area contributed by atoms with Crippen molar-refractivity contribution in [1.29, 1.82) is 0 Å². The lowest BCUT2D eigenvalue weighted by Crippen LogP contribution is -2.43. The van der Waals surface area contributed by atoms with Crippen LogP contribution in [0.3, 0.4) is 0 Å². The van der Waals surface area contributed by atoms with Gasteiger partial charge >= 0.3 is 0 Å². The average Bonchev–Trinajstić information content (AvgIpc) is 2.86. The first-order valence-electron chi connectivity index (χ1n) is 6.89. The number of halogens is 2. The van der Waals surface area contributed by atoms with Gasteiger partial charge in [-0.3, -0.25) is 0 Å². The zero-order valence-electron chi connectivity index (χ0n) is 10.8. The van der Waals surface area contributed by atoms with Crippen LogP contribution in [0.1, 0.15) is 25.7 Å². The summed E-state index contributed by atoms with van der Waals surface area (Å²) < 4.78 is 27.0. The van der Waals surface area contributed by atoms with E-state index in [1.165, 1.54) is 25.5 Å². The second-order valence-corrected chi connectivity index (χ2v) is 5.52. The fourth-order valence-corrected chi connectivity index (χ4v) is 3.27. The third-order valence-corrected chi connectivity index (χ3v) is 4.30. The molecule has 0 aromatic heterocycles. The fourth-order valence-electron chi connectivity index (χ4n) is 3.27. The summed E-state index contributed by atoms with van der Waals surface area (Å²) in [6.07, 6.45) is 4.38. The monoisotopic (exact) mass is 267 g/mol. The topological polar surface area (TPSA) is 41.3 Å². The number of hydrogen-bond donors (Lipinski definition) is 2. The Labute approximate surface area is 111 Å². The van der Waals surface area contributed by atoms with Crippen LogP contribution in [0.5, 0.6) is 0 Å². The minimum atomic E-state index is -0.867. The zero-order chi connectivity index (χ0) is 13.4. The highest BCUT2D eigenvalue weighted by Gasteiger charge is 2.32. The summed E-state index contributed by atoms with van der Waals surface area (Å²) in [6, 6.07) is 3.24. The number of nitrogens with zero attached hydrogens (tertiary/aromatic N) is 1. The van der Waals surface area contributed by atoms with E-state index in [4.69, 9.17) is 5.73 Å². The van der Waals surface area contributed by atoms with Crippen molar-refractivity contribution in [3.05, 3.63) is 23.8 Å². The van der Waals surface area contributed by atoms with Crippen molar-refractivity contribution in [2.24, 2.45) is 0 Å². The summed E-state index contributed by atoms with van der Waals surface area (Å²) in [5.41, 5.74) is 6.13. The highest BCUT2D eigenvalue weighted by molar-refractivity contribution is 5.67. The van der Waals surface area contributed by atoms with Crippen LogP contribution < -0.4 is 11.1 Å². The molecule has 3 rings (SSSR count). The molecule has 2 fully saturated rings. The number of benzene rings is 1. The molecule has 0 radical (unpaired) electrons. The Morgan fingerprint density at radius 2 is 2.05 bits per heavy atom. The van der Waals surface area contributed by atoms with E-state index in [0.717, 1.165) is 25.5 Å². The number of piperidine rings is 1. The maximum atomic E-state index is 13.8. The van der Waals surface area contributed by atoms with Crippen molar-refractivity contribution in [1.82, 2.24) is 4.90 Å². The van der Waals surface area contributed by atoms with E-state index in [-0.39, 0.29) is 17.4 Å². The molecule has 0 aliphatic carbocycles. The first kappa shape index (κ1) is 12.7. The molecule has 2 heterocycles. The van der Waals surface area contributed by atoms with Crippen molar-refractivity contribution < 1.29 is 8.78 Å². The molecule has 2 saturated heterocycles. The molecule has 0 bridgehead atoms. The third kappa shape index (κ3) is 2.39. The largest absolute Gasteiger partial charge is 0.397 e. The second-order valence-electron chi connectivity index (χ2n) is 5.52. The number of nitrogen functional groups attached to an aromatic ring is 1. The molecule has 0 spiro atoms. The standard InChI is InChI=1S/C14H19F2N3/c15-11-3-4-12(17)14(13(11)16)18-9-5-7-19-6-1-2-10(19)8-9/h3-4,9-10,18H,1-2,5-8,17H2. The van der Waals surface area contributed by atoms with Gasteiger partial charge in [0.25, 0.3) is 0 Å². The van der Waals surface area contributed by atoms with Gasteiger partial charge in [0, 0.05) is 18.6 Å². The van der Waals surface area contributed by atoms with Gasteiger partial charge in [0.05, 0.1) is 11.4 Å². The smallest absolute Gasteiger partial charge is 0.183 e. The first-order chi connectivity index (χ1) is 9.15. The van der Waals surface area contributed by atoms with E-state index in [9.17, 15) is 8.78 Å². The molecule has 3 nitrogen and oxygen atoms in total. The Bertz CT molecular complexity index is 478. The number of fused-ring (bicyclic) bond motifs is 1. The van der Waals surface area contributed by atoms with Gasteiger partial charge in [0.2, 0.25) is 0 Å². The van der Waals surface area contributed by atoms with Gasteiger partial charge in [-0.05, 0) is 44.4 Å². The van der Waals surface area contributed by atoms with E-state index in [1.54, 1.807) is 0 Å². The number of anilines is 2. The summed E-state index contributed by atoms with van der Waals surface area (Å²) in [5, 5.41) is 3.10. The van der Waals surface area contributed by atoms with Crippen LogP contribution in [0, 0.1) is 11.6 Å². The fraction of sp³-hybridized carbons (Fsp3) is 0.571. The van der Waals surface area contributed by atoms with Crippen molar-refractivity contribution in [3.63, 3.8) is 0 Å². The van der Waals surface area contributed by atoms with Crippen LogP contribution in [0.15, 0.2) is 12.1 Å².